The second-order valence-corrected chi connectivity index (χ2v) is 13.0. The van der Waals surface area contributed by atoms with E-state index in [9.17, 15) is 0 Å². The van der Waals surface area contributed by atoms with Crippen molar-refractivity contribution in [3.05, 3.63) is 161 Å². The Labute approximate surface area is 264 Å². The van der Waals surface area contributed by atoms with Crippen molar-refractivity contribution in [2.24, 2.45) is 0 Å². The van der Waals surface area contributed by atoms with Crippen molar-refractivity contribution in [2.45, 2.75) is 26.2 Å². The maximum atomic E-state index is 2.50. The van der Waals surface area contributed by atoms with Gasteiger partial charge in [0.1, 0.15) is 0 Å². The number of rotatable bonds is 2. The number of hydrogen-bond donors (Lipinski definition) is 0. The number of benzene rings is 7. The molecular weight excluding hydrogens is 542 g/mol. The van der Waals surface area contributed by atoms with Crippen molar-refractivity contribution < 1.29 is 0 Å². The number of para-hydroxylation sites is 2. The molecule has 0 bridgehead atoms. The van der Waals surface area contributed by atoms with Gasteiger partial charge in [-0.25, -0.2) is 0 Å². The van der Waals surface area contributed by atoms with Crippen LogP contribution < -0.4 is 4.90 Å². The smallest absolute Gasteiger partial charge is 0.0619 e. The molecule has 1 nitrogen and oxygen atoms in total. The number of anilines is 3. The van der Waals surface area contributed by atoms with E-state index in [0.717, 1.165) is 0 Å². The maximum Gasteiger partial charge on any atom is 0.0619 e. The van der Waals surface area contributed by atoms with Gasteiger partial charge in [-0.3, -0.25) is 0 Å². The van der Waals surface area contributed by atoms with E-state index in [2.05, 4.69) is 171 Å². The molecule has 1 aliphatic carbocycles. The fourth-order valence-corrected chi connectivity index (χ4v) is 7.91. The average Bonchev–Trinajstić information content (AvgIpc) is 3.18. The molecule has 1 heteroatoms. The van der Waals surface area contributed by atoms with Gasteiger partial charge in [-0.15, -0.1) is 0 Å². The lowest BCUT2D eigenvalue weighted by molar-refractivity contribution is 0.660. The lowest BCUT2D eigenvalue weighted by atomic mass is 9.82. The van der Waals surface area contributed by atoms with Gasteiger partial charge >= 0.3 is 0 Å². The Morgan fingerprint density at radius 1 is 0.489 bits per heavy atom. The highest BCUT2D eigenvalue weighted by Gasteiger charge is 2.35. The van der Waals surface area contributed by atoms with Crippen LogP contribution in [0.3, 0.4) is 0 Å². The van der Waals surface area contributed by atoms with Crippen LogP contribution in [0.5, 0.6) is 0 Å². The maximum absolute atomic E-state index is 2.50. The molecule has 214 valence electrons. The monoisotopic (exact) mass is 575 g/mol. The van der Waals surface area contributed by atoms with Crippen LogP contribution in [-0.2, 0) is 5.41 Å². The number of hydrogen-bond acceptors (Lipinski definition) is 1. The summed E-state index contributed by atoms with van der Waals surface area (Å²) in [6.07, 6.45) is 4.50. The molecule has 0 radical (unpaired) electrons. The fourth-order valence-electron chi connectivity index (χ4n) is 7.91. The number of aryl methyl sites for hydroxylation is 1. The lowest BCUT2D eigenvalue weighted by Crippen LogP contribution is -2.14. The predicted molar refractivity (Wildman–Crippen MR) is 193 cm³/mol. The van der Waals surface area contributed by atoms with E-state index in [1.807, 2.05) is 0 Å². The van der Waals surface area contributed by atoms with Crippen molar-refractivity contribution in [1.29, 1.82) is 0 Å². The van der Waals surface area contributed by atoms with Crippen molar-refractivity contribution in [2.75, 3.05) is 4.90 Å². The average molecular weight is 576 g/mol. The molecule has 1 aliphatic heterocycles. The van der Waals surface area contributed by atoms with Crippen LogP contribution in [0.1, 0.15) is 41.7 Å². The molecule has 9 rings (SSSR count). The first-order chi connectivity index (χ1) is 22.0. The van der Waals surface area contributed by atoms with Gasteiger partial charge in [0.05, 0.1) is 17.1 Å². The molecule has 0 saturated carbocycles. The van der Waals surface area contributed by atoms with E-state index < -0.39 is 0 Å². The molecule has 0 fully saturated rings. The molecule has 0 N–H and O–H groups in total. The van der Waals surface area contributed by atoms with Gasteiger partial charge in [0.25, 0.3) is 0 Å². The Morgan fingerprint density at radius 2 is 1.09 bits per heavy atom. The number of fused-ring (bicyclic) bond motifs is 7. The third kappa shape index (κ3) is 3.74. The summed E-state index contributed by atoms with van der Waals surface area (Å²) in [7, 11) is 0. The van der Waals surface area contributed by atoms with Gasteiger partial charge in [-0.05, 0) is 80.4 Å². The summed E-state index contributed by atoms with van der Waals surface area (Å²) in [5.74, 6) is 0. The molecule has 0 spiro atoms. The minimum Gasteiger partial charge on any atom is -0.308 e. The molecule has 2 aliphatic rings. The van der Waals surface area contributed by atoms with Crippen molar-refractivity contribution in [3.8, 4) is 22.3 Å². The first kappa shape index (κ1) is 26.0. The third-order valence-electron chi connectivity index (χ3n) is 10.0. The Hall–Kier alpha value is -5.40. The van der Waals surface area contributed by atoms with Crippen LogP contribution in [0, 0.1) is 6.92 Å². The molecule has 1 heterocycles. The molecule has 0 saturated heterocycles. The quantitative estimate of drug-likeness (QED) is 0.185. The molecule has 7 aromatic rings. The van der Waals surface area contributed by atoms with Crippen LogP contribution in [-0.4, -0.2) is 0 Å². The predicted octanol–water partition coefficient (Wildman–Crippen LogP) is 12.2. The van der Waals surface area contributed by atoms with Gasteiger partial charge in [0.15, 0.2) is 0 Å². The Balaban J connectivity index is 1.40. The molecule has 0 amide bonds. The van der Waals surface area contributed by atoms with Crippen molar-refractivity contribution >= 4 is 50.8 Å². The van der Waals surface area contributed by atoms with E-state index in [1.54, 1.807) is 0 Å². The summed E-state index contributed by atoms with van der Waals surface area (Å²) in [5, 5.41) is 5.04. The highest BCUT2D eigenvalue weighted by atomic mass is 15.2. The summed E-state index contributed by atoms with van der Waals surface area (Å²) in [5.41, 5.74) is 15.3. The largest absolute Gasteiger partial charge is 0.308 e. The zero-order valence-corrected chi connectivity index (χ0v) is 25.8. The van der Waals surface area contributed by atoms with E-state index in [4.69, 9.17) is 0 Å². The highest BCUT2D eigenvalue weighted by molar-refractivity contribution is 6.23. The minimum atomic E-state index is -0.0172. The zero-order valence-electron chi connectivity index (χ0n) is 25.8. The van der Waals surface area contributed by atoms with Crippen LogP contribution in [0.25, 0.3) is 56.0 Å². The minimum absolute atomic E-state index is 0.0172. The third-order valence-corrected chi connectivity index (χ3v) is 10.0. The lowest BCUT2D eigenvalue weighted by Gasteiger charge is -2.31. The topological polar surface area (TPSA) is 3.24 Å². The van der Waals surface area contributed by atoms with Gasteiger partial charge in [0, 0.05) is 16.2 Å². The molecule has 0 atom stereocenters. The zero-order chi connectivity index (χ0) is 30.3. The van der Waals surface area contributed by atoms with Crippen molar-refractivity contribution in [3.63, 3.8) is 0 Å². The molecule has 7 aromatic carbocycles. The molecule has 0 unspecified atom stereocenters. The van der Waals surface area contributed by atoms with Crippen LogP contribution >= 0.6 is 0 Å². The van der Waals surface area contributed by atoms with Crippen molar-refractivity contribution in [1.82, 2.24) is 0 Å². The van der Waals surface area contributed by atoms with Crippen LogP contribution in [0.15, 0.2) is 133 Å². The summed E-state index contributed by atoms with van der Waals surface area (Å²) < 4.78 is 0. The summed E-state index contributed by atoms with van der Waals surface area (Å²) in [4.78, 5) is 2.50. The second kappa shape index (κ2) is 9.55. The second-order valence-electron chi connectivity index (χ2n) is 13.0. The fraction of sp³-hybridized carbons (Fsp3) is 0.0909. The molecule has 0 aromatic heterocycles. The van der Waals surface area contributed by atoms with Crippen LogP contribution in [0.4, 0.5) is 17.1 Å². The van der Waals surface area contributed by atoms with Crippen LogP contribution in [0.2, 0.25) is 0 Å². The molecular formula is C44H33N. The standard InChI is InChI=1S/C44H33N/c1-28-20-24-35-37(26-28)42(31-23-25-39-36(27-31)32-14-8-9-17-38(32)44(39,2)3)33-15-6-7-16-34(33)43(35)45-40-18-10-4-12-29(40)21-22-30-13-5-11-19-41(30)45/h4-27H,1-3H3. The van der Waals surface area contributed by atoms with E-state index in [1.165, 1.54) is 88.7 Å². The van der Waals surface area contributed by atoms with Gasteiger partial charge in [-0.2, -0.15) is 0 Å². The summed E-state index contributed by atoms with van der Waals surface area (Å²) in [6.45, 7) is 6.91. The SMILES string of the molecule is Cc1ccc2c(N3c4ccccc4C=Cc4ccccc43)c3ccccc3c(-c3ccc4c(c3)-c3ccccc3C4(C)C)c2c1. The Bertz CT molecular complexity index is 2320. The Kier molecular flexibility index (Phi) is 5.53. The first-order valence-electron chi connectivity index (χ1n) is 15.9. The normalized spacial score (nSPS) is 14.2. The van der Waals surface area contributed by atoms with E-state index in [-0.39, 0.29) is 5.41 Å². The number of nitrogens with zero attached hydrogens (tertiary/aromatic N) is 1. The van der Waals surface area contributed by atoms with Gasteiger partial charge in [0.2, 0.25) is 0 Å². The first-order valence-corrected chi connectivity index (χ1v) is 15.9. The summed E-state index contributed by atoms with van der Waals surface area (Å²) in [6, 6.07) is 49.6. The Morgan fingerprint density at radius 3 is 1.84 bits per heavy atom. The van der Waals surface area contributed by atoms with E-state index >= 15 is 0 Å². The highest BCUT2D eigenvalue weighted by Crippen LogP contribution is 2.53. The molecule has 45 heavy (non-hydrogen) atoms. The van der Waals surface area contributed by atoms with E-state index in [0.29, 0.717) is 0 Å². The summed E-state index contributed by atoms with van der Waals surface area (Å²) >= 11 is 0. The van der Waals surface area contributed by atoms with Gasteiger partial charge in [-0.1, -0.05) is 147 Å². The van der Waals surface area contributed by atoms with Gasteiger partial charge < -0.3 is 4.90 Å².